The summed E-state index contributed by atoms with van der Waals surface area (Å²) in [6.07, 6.45) is 11.7. The Bertz CT molecular complexity index is 1010. The summed E-state index contributed by atoms with van der Waals surface area (Å²) in [5.41, 5.74) is 2.43. The van der Waals surface area contributed by atoms with Crippen molar-refractivity contribution in [3.8, 4) is 0 Å². The summed E-state index contributed by atoms with van der Waals surface area (Å²) in [6.45, 7) is 18.3. The first kappa shape index (κ1) is 38.7. The molecule has 0 aliphatic carbocycles. The van der Waals surface area contributed by atoms with E-state index in [0.717, 1.165) is 22.1 Å². The fourth-order valence-corrected chi connectivity index (χ4v) is 14.7. The Balaban J connectivity index is 2.58. The fourth-order valence-electron chi connectivity index (χ4n) is 6.74. The van der Waals surface area contributed by atoms with Gasteiger partial charge in [0, 0.05) is 7.11 Å². The van der Waals surface area contributed by atoms with Crippen molar-refractivity contribution in [1.29, 1.82) is 0 Å². The largest absolute Gasteiger partial charge is 0.377 e. The number of allylic oxidation sites excluding steroid dienone is 2. The van der Waals surface area contributed by atoms with E-state index in [2.05, 4.69) is 88.4 Å². The molecular weight excluding hydrogens is 665 g/mol. The van der Waals surface area contributed by atoms with Crippen LogP contribution in [0.3, 0.4) is 0 Å². The van der Waals surface area contributed by atoms with Gasteiger partial charge in [-0.25, -0.2) is 0 Å². The van der Waals surface area contributed by atoms with Gasteiger partial charge in [0.1, 0.15) is 0 Å². The normalized spacial score (nSPS) is 24.1. The van der Waals surface area contributed by atoms with E-state index in [9.17, 15) is 0 Å². The molecular formula is C34H63NO6SiSn. The summed E-state index contributed by atoms with van der Waals surface area (Å²) in [5, 5.41) is 0. The van der Waals surface area contributed by atoms with Gasteiger partial charge in [0.05, 0.1) is 6.10 Å². The van der Waals surface area contributed by atoms with Crippen LogP contribution in [0.2, 0.25) is 31.4 Å². The number of methoxy groups -OCH3 is 3. The maximum Gasteiger partial charge on any atom is 0.0363 e. The van der Waals surface area contributed by atoms with Crippen LogP contribution in [0.4, 0.5) is 0 Å². The minimum absolute atomic E-state index is 0.0547. The van der Waals surface area contributed by atoms with Crippen molar-refractivity contribution in [2.45, 2.75) is 149 Å². The Hall–Kier alpha value is -0.494. The van der Waals surface area contributed by atoms with Crippen LogP contribution in [0.5, 0.6) is 0 Å². The van der Waals surface area contributed by atoms with Crippen molar-refractivity contribution in [1.82, 2.24) is 4.98 Å². The van der Waals surface area contributed by atoms with Crippen LogP contribution >= 0.6 is 0 Å². The van der Waals surface area contributed by atoms with Gasteiger partial charge in [-0.3, -0.25) is 0 Å². The van der Waals surface area contributed by atoms with E-state index >= 15 is 0 Å². The molecule has 1 fully saturated rings. The molecule has 1 aliphatic heterocycles. The molecule has 7 nitrogen and oxygen atoms in total. The second-order valence-corrected chi connectivity index (χ2v) is 34.1. The molecule has 9 heteroatoms. The Morgan fingerprint density at radius 1 is 1.09 bits per heavy atom. The molecule has 1 aromatic rings. The minimum Gasteiger partial charge on any atom is -0.377 e. The SMILES string of the molecule is CCC[C@H](/C=C/C(C)=C/[C@H](O[Si](C(C)C)(C(C)C)C(C)C)[C@H]1C[C@@H](OC)C[C@](Cc2n[c]([Sn]([CH3])([CH3])[CH3])co2)(OC)O1)OC. The molecule has 0 spiro atoms. The second-order valence-electron chi connectivity index (χ2n) is 14.4. The Labute approximate surface area is 268 Å². The van der Waals surface area contributed by atoms with Crippen LogP contribution in [-0.4, -0.2) is 83.2 Å². The molecule has 1 saturated heterocycles. The Morgan fingerprint density at radius 2 is 1.72 bits per heavy atom. The quantitative estimate of drug-likeness (QED) is 0.118. The number of ether oxygens (including phenoxy) is 4. The smallest absolute Gasteiger partial charge is 0.0363 e. The van der Waals surface area contributed by atoms with Gasteiger partial charge < -0.3 is 4.74 Å². The van der Waals surface area contributed by atoms with E-state index in [-0.39, 0.29) is 24.4 Å². The van der Waals surface area contributed by atoms with Gasteiger partial charge in [0.25, 0.3) is 0 Å². The monoisotopic (exact) mass is 729 g/mol. The summed E-state index contributed by atoms with van der Waals surface area (Å²) in [5.74, 6) is -0.277. The molecule has 0 bridgehead atoms. The van der Waals surface area contributed by atoms with E-state index < -0.39 is 32.5 Å². The van der Waals surface area contributed by atoms with Gasteiger partial charge in [-0.1, -0.05) is 13.3 Å². The van der Waals surface area contributed by atoms with Crippen LogP contribution in [0, 0.1) is 0 Å². The maximum absolute atomic E-state index is 7.47. The van der Waals surface area contributed by atoms with Gasteiger partial charge in [-0.2, -0.15) is 0 Å². The molecule has 0 radical (unpaired) electrons. The topological polar surface area (TPSA) is 72.2 Å². The van der Waals surface area contributed by atoms with Crippen LogP contribution in [0.15, 0.2) is 34.5 Å². The van der Waals surface area contributed by atoms with E-state index in [1.165, 1.54) is 0 Å². The number of nitrogens with zero attached hydrogens (tertiary/aromatic N) is 1. The molecule has 1 aromatic heterocycles. The van der Waals surface area contributed by atoms with Crippen molar-refractivity contribution < 1.29 is 27.8 Å². The number of oxazole rings is 1. The van der Waals surface area contributed by atoms with E-state index in [4.69, 9.17) is 32.8 Å². The van der Waals surface area contributed by atoms with E-state index in [1.54, 1.807) is 21.3 Å². The van der Waals surface area contributed by atoms with Gasteiger partial charge in [0.15, 0.2) is 0 Å². The maximum atomic E-state index is 7.47. The summed E-state index contributed by atoms with van der Waals surface area (Å²) < 4.78 is 39.5. The molecule has 5 atom stereocenters. The molecule has 0 saturated carbocycles. The van der Waals surface area contributed by atoms with E-state index in [0.29, 0.717) is 41.8 Å². The predicted octanol–water partition coefficient (Wildman–Crippen LogP) is 8.18. The number of aromatic nitrogens is 1. The van der Waals surface area contributed by atoms with Crippen molar-refractivity contribution in [2.75, 3.05) is 21.3 Å². The first-order valence-corrected chi connectivity index (χ1v) is 28.5. The summed E-state index contributed by atoms with van der Waals surface area (Å²) in [7, 11) is 3.00. The van der Waals surface area contributed by atoms with Gasteiger partial charge in [0.2, 0.25) is 0 Å². The van der Waals surface area contributed by atoms with Gasteiger partial charge in [-0.05, 0) is 6.42 Å². The molecule has 0 unspecified atom stereocenters. The van der Waals surface area contributed by atoms with Gasteiger partial charge in [-0.15, -0.1) is 0 Å². The fraction of sp³-hybridized carbons (Fsp3) is 0.794. The van der Waals surface area contributed by atoms with Crippen LogP contribution in [-0.2, 0) is 29.8 Å². The summed E-state index contributed by atoms with van der Waals surface area (Å²) in [4.78, 5) is 11.9. The molecule has 2 rings (SSSR count). The molecule has 248 valence electrons. The van der Waals surface area contributed by atoms with Crippen molar-refractivity contribution in [3.05, 3.63) is 36.0 Å². The average Bonchev–Trinajstić information content (AvgIpc) is 3.41. The van der Waals surface area contributed by atoms with Crippen LogP contribution in [0.25, 0.3) is 0 Å². The first-order valence-electron chi connectivity index (χ1n) is 16.3. The average molecular weight is 729 g/mol. The first-order chi connectivity index (χ1) is 20.1. The summed E-state index contributed by atoms with van der Waals surface area (Å²) >= 11 is -2.39. The number of hydrogen-bond donors (Lipinski definition) is 0. The zero-order valence-corrected chi connectivity index (χ0v) is 33.6. The van der Waals surface area contributed by atoms with E-state index in [1.807, 2.05) is 6.26 Å². The van der Waals surface area contributed by atoms with Crippen molar-refractivity contribution >= 4 is 30.4 Å². The zero-order valence-electron chi connectivity index (χ0n) is 29.8. The predicted molar refractivity (Wildman–Crippen MR) is 182 cm³/mol. The molecule has 43 heavy (non-hydrogen) atoms. The van der Waals surface area contributed by atoms with Crippen molar-refractivity contribution in [3.63, 3.8) is 0 Å². The Kier molecular flexibility index (Phi) is 15.2. The van der Waals surface area contributed by atoms with Crippen molar-refractivity contribution in [2.24, 2.45) is 0 Å². The summed E-state index contributed by atoms with van der Waals surface area (Å²) in [6, 6.07) is 0. The standard InChI is InChI=1S/C31H54NO6Si.3CH3.Sn/c1-12-13-26(33-9)15-14-25(8)18-29(38-39(22(2)3,23(4)5)24(6)7)28-19-27(34-10)20-31(35-11,37-28)21-30-32-16-17-36-30;;;;/h14-15,17-18,22-24,26-29H,12-13,19-21H2,1-11H3;3*1H3;/b15-14+,25-18+;;;;/t26-,27-,28-,29+,31+;;;;/m1..../s1. The third-order valence-corrected chi connectivity index (χ3v) is 20.3. The molecule has 0 amide bonds. The second kappa shape index (κ2) is 16.9. The minimum atomic E-state index is -2.39. The van der Waals surface area contributed by atoms with Crippen LogP contribution in [0.1, 0.15) is 87.0 Å². The number of rotatable bonds is 17. The third kappa shape index (κ3) is 10.2. The molecule has 2 heterocycles. The molecule has 0 N–H and O–H groups in total. The van der Waals surface area contributed by atoms with Gasteiger partial charge >= 0.3 is 232 Å². The number of hydrogen-bond acceptors (Lipinski definition) is 7. The van der Waals surface area contributed by atoms with Crippen LogP contribution < -0.4 is 3.71 Å². The third-order valence-electron chi connectivity index (χ3n) is 9.14. The zero-order chi connectivity index (χ0) is 32.6. The molecule has 1 aliphatic rings. The molecule has 0 aromatic carbocycles. The Morgan fingerprint density at radius 3 is 2.19 bits per heavy atom.